The molecule has 0 heteroatoms. The molecule has 0 aromatic heterocycles. The Balaban J connectivity index is 1.94. The first kappa shape index (κ1) is 7.41. The predicted molar refractivity (Wildman–Crippen MR) is 50.8 cm³/mol. The Labute approximate surface area is 75.7 Å². The van der Waals surface area contributed by atoms with Gasteiger partial charge in [-0.25, -0.2) is 0 Å². The van der Waals surface area contributed by atoms with Gasteiger partial charge in [0, 0.05) is 0 Å². The molecule has 4 saturated carbocycles. The lowest BCUT2D eigenvalue weighted by molar-refractivity contribution is -0.113. The van der Waals surface area contributed by atoms with E-state index in [0.717, 1.165) is 23.2 Å². The third kappa shape index (κ3) is 0.561. The molecule has 0 aliphatic heterocycles. The molecule has 0 amide bonds. The fourth-order valence-corrected chi connectivity index (χ4v) is 4.56. The van der Waals surface area contributed by atoms with Crippen molar-refractivity contribution in [2.75, 3.05) is 0 Å². The zero-order valence-electron chi connectivity index (χ0n) is 8.56. The van der Waals surface area contributed by atoms with Gasteiger partial charge in [-0.05, 0) is 54.3 Å². The molecule has 4 rings (SSSR count). The largest absolute Gasteiger partial charge is 0.0648 e. The molecular formula is C12H20. The summed E-state index contributed by atoms with van der Waals surface area (Å²) in [6, 6.07) is 0. The highest BCUT2D eigenvalue weighted by Gasteiger charge is 2.71. The Hall–Kier alpha value is 0. The van der Waals surface area contributed by atoms with Crippen LogP contribution < -0.4 is 0 Å². The van der Waals surface area contributed by atoms with Gasteiger partial charge in [-0.1, -0.05) is 20.8 Å². The third-order valence-electron chi connectivity index (χ3n) is 5.67. The van der Waals surface area contributed by atoms with Crippen molar-refractivity contribution in [2.24, 2.45) is 28.6 Å². The van der Waals surface area contributed by atoms with Gasteiger partial charge in [0.25, 0.3) is 0 Å². The van der Waals surface area contributed by atoms with Crippen molar-refractivity contribution in [2.45, 2.75) is 46.5 Å². The lowest BCUT2D eigenvalue weighted by Crippen LogP contribution is -2.53. The molecule has 4 aliphatic rings. The van der Waals surface area contributed by atoms with E-state index in [1.165, 1.54) is 6.42 Å². The van der Waals surface area contributed by atoms with E-state index in [4.69, 9.17) is 0 Å². The molecule has 2 bridgehead atoms. The highest BCUT2D eigenvalue weighted by atomic mass is 14.8. The minimum atomic E-state index is 0.711. The van der Waals surface area contributed by atoms with E-state index < -0.39 is 0 Å². The lowest BCUT2D eigenvalue weighted by atomic mass is 9.45. The molecule has 0 heterocycles. The smallest absolute Gasteiger partial charge is 0.0235 e. The molecule has 0 unspecified atom stereocenters. The minimum absolute atomic E-state index is 0.711. The van der Waals surface area contributed by atoms with Gasteiger partial charge in [-0.2, -0.15) is 0 Å². The average molecular weight is 164 g/mol. The molecule has 0 radical (unpaired) electrons. The highest BCUT2D eigenvalue weighted by molar-refractivity contribution is 5.20. The van der Waals surface area contributed by atoms with Crippen molar-refractivity contribution in [1.82, 2.24) is 0 Å². The Morgan fingerprint density at radius 3 is 2.42 bits per heavy atom. The van der Waals surface area contributed by atoms with Gasteiger partial charge < -0.3 is 0 Å². The van der Waals surface area contributed by atoms with Crippen LogP contribution >= 0.6 is 0 Å². The highest BCUT2D eigenvalue weighted by Crippen LogP contribution is 2.79. The van der Waals surface area contributed by atoms with Crippen molar-refractivity contribution in [3.63, 3.8) is 0 Å². The predicted octanol–water partition coefficient (Wildman–Crippen LogP) is 3.47. The van der Waals surface area contributed by atoms with Gasteiger partial charge in [0.15, 0.2) is 0 Å². The summed E-state index contributed by atoms with van der Waals surface area (Å²) >= 11 is 0. The van der Waals surface area contributed by atoms with E-state index in [2.05, 4.69) is 20.8 Å². The molecular weight excluding hydrogens is 144 g/mol. The van der Waals surface area contributed by atoms with E-state index >= 15 is 0 Å². The molecule has 0 saturated heterocycles. The lowest BCUT2D eigenvalue weighted by Gasteiger charge is -2.60. The van der Waals surface area contributed by atoms with Crippen molar-refractivity contribution < 1.29 is 0 Å². The molecule has 0 aromatic carbocycles. The van der Waals surface area contributed by atoms with Crippen LogP contribution in [0.15, 0.2) is 0 Å². The first-order valence-electron chi connectivity index (χ1n) is 5.61. The summed E-state index contributed by atoms with van der Waals surface area (Å²) in [5.74, 6) is 3.34. The van der Waals surface area contributed by atoms with E-state index in [9.17, 15) is 0 Å². The second-order valence-electron chi connectivity index (χ2n) is 6.03. The molecule has 4 atom stereocenters. The molecule has 0 N–H and O–H groups in total. The van der Waals surface area contributed by atoms with E-state index in [1.807, 2.05) is 0 Å². The second-order valence-corrected chi connectivity index (χ2v) is 6.03. The number of hydrogen-bond acceptors (Lipinski definition) is 0. The van der Waals surface area contributed by atoms with Gasteiger partial charge >= 0.3 is 0 Å². The zero-order chi connectivity index (χ0) is 8.56. The van der Waals surface area contributed by atoms with Gasteiger partial charge in [0.2, 0.25) is 0 Å². The first-order valence-corrected chi connectivity index (χ1v) is 5.61. The minimum Gasteiger partial charge on any atom is -0.0648 e. The van der Waals surface area contributed by atoms with Crippen LogP contribution in [0.3, 0.4) is 0 Å². The maximum Gasteiger partial charge on any atom is -0.0235 e. The van der Waals surface area contributed by atoms with Gasteiger partial charge in [-0.15, -0.1) is 0 Å². The van der Waals surface area contributed by atoms with Crippen LogP contribution in [0.5, 0.6) is 0 Å². The van der Waals surface area contributed by atoms with Crippen LogP contribution in [0.2, 0.25) is 0 Å². The molecule has 68 valence electrons. The van der Waals surface area contributed by atoms with Crippen LogP contribution in [0.4, 0.5) is 0 Å². The zero-order valence-corrected chi connectivity index (χ0v) is 8.56. The van der Waals surface area contributed by atoms with E-state index in [-0.39, 0.29) is 0 Å². The summed E-state index contributed by atoms with van der Waals surface area (Å²) in [5.41, 5.74) is 1.56. The quantitative estimate of drug-likeness (QED) is 0.556. The topological polar surface area (TPSA) is 0 Å². The summed E-state index contributed by atoms with van der Waals surface area (Å²) in [5, 5.41) is 0. The van der Waals surface area contributed by atoms with Gasteiger partial charge in [-0.3, -0.25) is 0 Å². The SMILES string of the molecule is CC[C@]12C[C@H]1C[C@H]1C[C@@H]2C1(C)C. The van der Waals surface area contributed by atoms with Crippen LogP contribution in [-0.4, -0.2) is 0 Å². The number of rotatable bonds is 1. The Morgan fingerprint density at radius 1 is 1.17 bits per heavy atom. The average Bonchev–Trinajstić information content (AvgIpc) is 2.77. The summed E-state index contributed by atoms with van der Waals surface area (Å²) in [7, 11) is 0. The summed E-state index contributed by atoms with van der Waals surface area (Å²) in [4.78, 5) is 0. The van der Waals surface area contributed by atoms with Crippen LogP contribution in [0, 0.1) is 28.6 Å². The molecule has 12 heavy (non-hydrogen) atoms. The van der Waals surface area contributed by atoms with Crippen molar-refractivity contribution >= 4 is 0 Å². The molecule has 4 fully saturated rings. The summed E-state index contributed by atoms with van der Waals surface area (Å²) < 4.78 is 0. The second kappa shape index (κ2) is 1.76. The molecule has 4 aliphatic carbocycles. The fourth-order valence-electron chi connectivity index (χ4n) is 4.56. The molecule has 0 aromatic rings. The van der Waals surface area contributed by atoms with E-state index in [0.29, 0.717) is 5.41 Å². The van der Waals surface area contributed by atoms with Crippen molar-refractivity contribution in [3.05, 3.63) is 0 Å². The van der Waals surface area contributed by atoms with Crippen LogP contribution in [0.25, 0.3) is 0 Å². The standard InChI is InChI=1S/C12H20/c1-4-12-7-9(12)5-8-6-10(12)11(8,2)3/h8-10H,4-7H2,1-3H3/t8-,9+,10+,12-/m0/s1. The van der Waals surface area contributed by atoms with Gasteiger partial charge in [0.1, 0.15) is 0 Å². The molecule has 0 nitrogen and oxygen atoms in total. The summed E-state index contributed by atoms with van der Waals surface area (Å²) in [6.07, 6.45) is 6.17. The molecule has 0 spiro atoms. The Morgan fingerprint density at radius 2 is 1.92 bits per heavy atom. The van der Waals surface area contributed by atoms with Crippen LogP contribution in [0.1, 0.15) is 46.5 Å². The number of hydrogen-bond donors (Lipinski definition) is 0. The van der Waals surface area contributed by atoms with Crippen LogP contribution in [-0.2, 0) is 0 Å². The first-order chi connectivity index (χ1) is 5.61. The fraction of sp³-hybridized carbons (Fsp3) is 1.00. The maximum absolute atomic E-state index is 2.51. The third-order valence-corrected chi connectivity index (χ3v) is 5.67. The maximum atomic E-state index is 2.51. The van der Waals surface area contributed by atoms with Crippen molar-refractivity contribution in [1.29, 1.82) is 0 Å². The normalized spacial score (nSPS) is 58.8. The van der Waals surface area contributed by atoms with E-state index in [1.54, 1.807) is 19.3 Å². The van der Waals surface area contributed by atoms with Crippen molar-refractivity contribution in [3.8, 4) is 0 Å². The Kier molecular flexibility index (Phi) is 1.09. The monoisotopic (exact) mass is 164 g/mol. The van der Waals surface area contributed by atoms with Gasteiger partial charge in [0.05, 0.1) is 0 Å². The Bertz CT molecular complexity index is 228. The summed E-state index contributed by atoms with van der Waals surface area (Å²) in [6.45, 7) is 7.43.